The van der Waals surface area contributed by atoms with E-state index in [1.165, 1.54) is 0 Å². The third-order valence-electron chi connectivity index (χ3n) is 2.92. The monoisotopic (exact) mass is 140 g/mol. The molecule has 0 spiro atoms. The fraction of sp³-hybridized carbons (Fsp3) is 0.889. The molecule has 0 amide bonds. The number of Topliss-reactive ketones (excluding diaryl/α,β-unsaturated/α-hetero) is 1. The van der Waals surface area contributed by atoms with Gasteiger partial charge in [0.05, 0.1) is 0 Å². The molecule has 1 heteroatoms. The molecular formula is C9H16O. The summed E-state index contributed by atoms with van der Waals surface area (Å²) in [6.45, 7) is 6.69. The molecule has 0 bridgehead atoms. The van der Waals surface area contributed by atoms with Gasteiger partial charge in [0, 0.05) is 12.8 Å². The summed E-state index contributed by atoms with van der Waals surface area (Å²) in [6.07, 6.45) is 2.68. The van der Waals surface area contributed by atoms with Crippen molar-refractivity contribution in [3.05, 3.63) is 0 Å². The van der Waals surface area contributed by atoms with E-state index >= 15 is 0 Å². The Bertz CT molecular complexity index is 147. The first kappa shape index (κ1) is 7.77. The van der Waals surface area contributed by atoms with Crippen LogP contribution in [0.4, 0.5) is 0 Å². The van der Waals surface area contributed by atoms with Crippen LogP contribution >= 0.6 is 0 Å². The average Bonchev–Trinajstić information content (AvgIpc) is 1.81. The topological polar surface area (TPSA) is 17.1 Å². The maximum atomic E-state index is 11.0. The number of hydrogen-bond donors (Lipinski definition) is 0. The molecule has 0 radical (unpaired) electrons. The third kappa shape index (κ3) is 1.39. The Morgan fingerprint density at radius 2 is 2.10 bits per heavy atom. The normalized spacial score (nSPS) is 32.3. The van der Waals surface area contributed by atoms with Gasteiger partial charge in [0.1, 0.15) is 5.78 Å². The summed E-state index contributed by atoms with van der Waals surface area (Å²) in [4.78, 5) is 11.0. The smallest absolute Gasteiger partial charge is 0.133 e. The summed E-state index contributed by atoms with van der Waals surface area (Å²) in [5, 5.41) is 0. The predicted molar refractivity (Wildman–Crippen MR) is 41.8 cm³/mol. The molecule has 58 valence electrons. The number of carbonyl (C=O) groups excluding carboxylic acids is 1. The second-order valence-corrected chi connectivity index (χ2v) is 4.13. The van der Waals surface area contributed by atoms with Gasteiger partial charge in [-0.25, -0.2) is 0 Å². The van der Waals surface area contributed by atoms with Crippen molar-refractivity contribution in [2.24, 2.45) is 11.3 Å². The largest absolute Gasteiger partial charge is 0.300 e. The highest BCUT2D eigenvalue weighted by atomic mass is 16.1. The van der Waals surface area contributed by atoms with Crippen LogP contribution in [0.5, 0.6) is 0 Å². The Labute approximate surface area is 62.8 Å². The van der Waals surface area contributed by atoms with Crippen molar-refractivity contribution in [1.29, 1.82) is 0 Å². The Balaban J connectivity index is 2.60. The maximum Gasteiger partial charge on any atom is 0.133 e. The molecule has 0 aromatic carbocycles. The van der Waals surface area contributed by atoms with Gasteiger partial charge in [0.15, 0.2) is 0 Å². The first-order chi connectivity index (χ1) is 4.52. The quantitative estimate of drug-likeness (QED) is 0.505. The number of carbonyl (C=O) groups is 1. The maximum absolute atomic E-state index is 11.0. The Kier molecular flexibility index (Phi) is 1.84. The Hall–Kier alpha value is -0.330. The van der Waals surface area contributed by atoms with Crippen molar-refractivity contribution in [2.75, 3.05) is 0 Å². The summed E-state index contributed by atoms with van der Waals surface area (Å²) < 4.78 is 0. The second-order valence-electron chi connectivity index (χ2n) is 4.13. The highest BCUT2D eigenvalue weighted by molar-refractivity contribution is 5.79. The lowest BCUT2D eigenvalue weighted by atomic mass is 9.69. The fourth-order valence-corrected chi connectivity index (χ4v) is 1.43. The van der Waals surface area contributed by atoms with Crippen LogP contribution in [-0.4, -0.2) is 5.78 Å². The SMILES string of the molecule is C[C@@H]1CC(=O)CCC1(C)C. The van der Waals surface area contributed by atoms with Crippen molar-refractivity contribution in [3.63, 3.8) is 0 Å². The van der Waals surface area contributed by atoms with Crippen LogP contribution < -0.4 is 0 Å². The van der Waals surface area contributed by atoms with Crippen LogP contribution in [0.25, 0.3) is 0 Å². The van der Waals surface area contributed by atoms with Crippen LogP contribution in [0.2, 0.25) is 0 Å². The van der Waals surface area contributed by atoms with E-state index in [1.54, 1.807) is 0 Å². The summed E-state index contributed by atoms with van der Waals surface area (Å²) >= 11 is 0. The minimum absolute atomic E-state index is 0.397. The van der Waals surface area contributed by atoms with E-state index in [0.29, 0.717) is 17.1 Å². The standard InChI is InChI=1S/C9H16O/c1-7-6-8(10)4-5-9(7,2)3/h7H,4-6H2,1-3H3/t7-/m1/s1. The van der Waals surface area contributed by atoms with Crippen LogP contribution in [0.1, 0.15) is 40.0 Å². The van der Waals surface area contributed by atoms with Gasteiger partial charge in [-0.3, -0.25) is 4.79 Å². The van der Waals surface area contributed by atoms with Gasteiger partial charge in [-0.2, -0.15) is 0 Å². The lowest BCUT2D eigenvalue weighted by Crippen LogP contribution is -2.29. The van der Waals surface area contributed by atoms with Gasteiger partial charge in [0.2, 0.25) is 0 Å². The zero-order chi connectivity index (χ0) is 7.78. The van der Waals surface area contributed by atoms with Gasteiger partial charge < -0.3 is 0 Å². The zero-order valence-electron chi connectivity index (χ0n) is 7.11. The average molecular weight is 140 g/mol. The molecule has 1 aliphatic rings. The Morgan fingerprint density at radius 1 is 1.50 bits per heavy atom. The molecular weight excluding hydrogens is 124 g/mol. The summed E-state index contributed by atoms with van der Waals surface area (Å²) in [7, 11) is 0. The van der Waals surface area contributed by atoms with Crippen molar-refractivity contribution in [1.82, 2.24) is 0 Å². The van der Waals surface area contributed by atoms with Crippen LogP contribution in [0.15, 0.2) is 0 Å². The highest BCUT2D eigenvalue weighted by Gasteiger charge is 2.31. The van der Waals surface area contributed by atoms with E-state index in [2.05, 4.69) is 20.8 Å². The molecule has 1 saturated carbocycles. The molecule has 0 N–H and O–H groups in total. The van der Waals surface area contributed by atoms with Crippen LogP contribution in [0.3, 0.4) is 0 Å². The van der Waals surface area contributed by atoms with E-state index in [4.69, 9.17) is 0 Å². The van der Waals surface area contributed by atoms with Crippen molar-refractivity contribution in [3.8, 4) is 0 Å². The molecule has 0 saturated heterocycles. The molecule has 1 rings (SSSR count). The molecule has 1 nitrogen and oxygen atoms in total. The molecule has 10 heavy (non-hydrogen) atoms. The van der Waals surface area contributed by atoms with Crippen molar-refractivity contribution in [2.45, 2.75) is 40.0 Å². The second kappa shape index (κ2) is 2.37. The van der Waals surface area contributed by atoms with Crippen LogP contribution in [0, 0.1) is 11.3 Å². The Morgan fingerprint density at radius 3 is 2.50 bits per heavy atom. The van der Waals surface area contributed by atoms with Gasteiger partial charge in [-0.1, -0.05) is 20.8 Å². The molecule has 1 atom stereocenters. The predicted octanol–water partition coefficient (Wildman–Crippen LogP) is 2.40. The first-order valence-electron chi connectivity index (χ1n) is 4.04. The lowest BCUT2D eigenvalue weighted by molar-refractivity contribution is -0.124. The lowest BCUT2D eigenvalue weighted by Gasteiger charge is -2.35. The van der Waals surface area contributed by atoms with Crippen molar-refractivity contribution >= 4 is 5.78 Å². The van der Waals surface area contributed by atoms with E-state index in [0.717, 1.165) is 19.3 Å². The molecule has 0 heterocycles. The van der Waals surface area contributed by atoms with E-state index in [1.807, 2.05) is 0 Å². The van der Waals surface area contributed by atoms with Gasteiger partial charge in [-0.05, 0) is 17.8 Å². The summed E-state index contributed by atoms with van der Waals surface area (Å²) in [6, 6.07) is 0. The van der Waals surface area contributed by atoms with Crippen LogP contribution in [-0.2, 0) is 4.79 Å². The number of rotatable bonds is 0. The number of hydrogen-bond acceptors (Lipinski definition) is 1. The van der Waals surface area contributed by atoms with Gasteiger partial charge >= 0.3 is 0 Å². The minimum Gasteiger partial charge on any atom is -0.300 e. The third-order valence-corrected chi connectivity index (χ3v) is 2.92. The first-order valence-corrected chi connectivity index (χ1v) is 4.04. The van der Waals surface area contributed by atoms with Crippen molar-refractivity contribution < 1.29 is 4.79 Å². The fourth-order valence-electron chi connectivity index (χ4n) is 1.43. The molecule has 1 aliphatic carbocycles. The molecule has 0 aromatic rings. The minimum atomic E-state index is 0.397. The zero-order valence-corrected chi connectivity index (χ0v) is 7.11. The molecule has 1 fully saturated rings. The molecule has 0 aromatic heterocycles. The summed E-state index contributed by atoms with van der Waals surface area (Å²) in [5.41, 5.74) is 0.397. The molecule has 0 aliphatic heterocycles. The van der Waals surface area contributed by atoms with E-state index in [-0.39, 0.29) is 0 Å². The highest BCUT2D eigenvalue weighted by Crippen LogP contribution is 2.38. The summed E-state index contributed by atoms with van der Waals surface area (Å²) in [5.74, 6) is 1.03. The van der Waals surface area contributed by atoms with Gasteiger partial charge in [-0.15, -0.1) is 0 Å². The molecule has 0 unspecified atom stereocenters. The van der Waals surface area contributed by atoms with E-state index < -0.39 is 0 Å². The number of ketones is 1. The van der Waals surface area contributed by atoms with Gasteiger partial charge in [0.25, 0.3) is 0 Å². The van der Waals surface area contributed by atoms with E-state index in [9.17, 15) is 4.79 Å².